The first-order valence-corrected chi connectivity index (χ1v) is 12.0. The third kappa shape index (κ3) is 4.04. The summed E-state index contributed by atoms with van der Waals surface area (Å²) in [7, 11) is -8.20. The van der Waals surface area contributed by atoms with Crippen molar-refractivity contribution >= 4 is 37.3 Å². The van der Waals surface area contributed by atoms with E-state index in [4.69, 9.17) is 16.7 Å². The van der Waals surface area contributed by atoms with Gasteiger partial charge in [0.1, 0.15) is 9.79 Å². The Morgan fingerprint density at radius 3 is 2.60 bits per heavy atom. The molecule has 2 aromatic carbocycles. The van der Waals surface area contributed by atoms with Gasteiger partial charge in [0.15, 0.2) is 0 Å². The van der Waals surface area contributed by atoms with Crippen molar-refractivity contribution in [1.82, 2.24) is 19.3 Å². The zero-order chi connectivity index (χ0) is 21.5. The molecule has 13 heteroatoms. The Labute approximate surface area is 178 Å². The Bertz CT molecular complexity index is 1310. The molecule has 30 heavy (non-hydrogen) atoms. The SMILES string of the molecule is NS(=O)(=O)c1cc2c(cc1Cl)NCN(Cc1cn(Cc3ccccc3)nn1)S2(=O)=O. The molecule has 1 aliphatic heterocycles. The number of rotatable bonds is 5. The van der Waals surface area contributed by atoms with E-state index in [1.807, 2.05) is 30.3 Å². The fraction of sp³-hybridized carbons (Fsp3) is 0.176. The average Bonchev–Trinajstić information content (AvgIpc) is 3.10. The van der Waals surface area contributed by atoms with Crippen molar-refractivity contribution in [3.8, 4) is 0 Å². The third-order valence-electron chi connectivity index (χ3n) is 4.52. The Kier molecular flexibility index (Phi) is 5.28. The lowest BCUT2D eigenvalue weighted by molar-refractivity contribution is 0.416. The van der Waals surface area contributed by atoms with Crippen LogP contribution >= 0.6 is 11.6 Å². The molecule has 0 saturated heterocycles. The molecule has 0 aliphatic carbocycles. The first kappa shape index (κ1) is 20.8. The molecule has 0 bridgehead atoms. The number of hydrogen-bond acceptors (Lipinski definition) is 7. The fourth-order valence-corrected chi connectivity index (χ4v) is 5.75. The van der Waals surface area contributed by atoms with Crippen molar-refractivity contribution in [2.75, 3.05) is 12.0 Å². The van der Waals surface area contributed by atoms with Gasteiger partial charge < -0.3 is 5.32 Å². The van der Waals surface area contributed by atoms with Crippen molar-refractivity contribution in [3.05, 3.63) is 64.9 Å². The van der Waals surface area contributed by atoms with E-state index in [1.165, 1.54) is 6.07 Å². The molecule has 3 N–H and O–H groups in total. The van der Waals surface area contributed by atoms with Gasteiger partial charge in [0.05, 0.1) is 42.4 Å². The van der Waals surface area contributed by atoms with Crippen LogP contribution in [0.1, 0.15) is 11.3 Å². The number of anilines is 1. The maximum atomic E-state index is 13.0. The summed E-state index contributed by atoms with van der Waals surface area (Å²) >= 11 is 5.95. The highest BCUT2D eigenvalue weighted by molar-refractivity contribution is 7.90. The summed E-state index contributed by atoms with van der Waals surface area (Å²) in [6.07, 6.45) is 1.66. The highest BCUT2D eigenvalue weighted by Crippen LogP contribution is 2.35. The van der Waals surface area contributed by atoms with E-state index in [2.05, 4.69) is 15.6 Å². The number of sulfonamides is 2. The van der Waals surface area contributed by atoms with Crippen LogP contribution in [0.3, 0.4) is 0 Å². The summed E-state index contributed by atoms with van der Waals surface area (Å²) in [6.45, 7) is 0.417. The number of fused-ring (bicyclic) bond motifs is 1. The van der Waals surface area contributed by atoms with Crippen molar-refractivity contribution in [2.24, 2.45) is 5.14 Å². The number of nitrogens with one attached hydrogen (secondary N) is 1. The van der Waals surface area contributed by atoms with Crippen LogP contribution in [0.4, 0.5) is 5.69 Å². The lowest BCUT2D eigenvalue weighted by Gasteiger charge is -2.29. The third-order valence-corrected chi connectivity index (χ3v) is 7.72. The highest BCUT2D eigenvalue weighted by Gasteiger charge is 2.34. The van der Waals surface area contributed by atoms with Gasteiger partial charge in [-0.15, -0.1) is 5.10 Å². The first-order chi connectivity index (χ1) is 14.1. The second kappa shape index (κ2) is 7.63. The maximum Gasteiger partial charge on any atom is 0.247 e. The fourth-order valence-electron chi connectivity index (χ4n) is 3.08. The summed E-state index contributed by atoms with van der Waals surface area (Å²) in [5.74, 6) is 0. The van der Waals surface area contributed by atoms with E-state index in [0.717, 1.165) is 15.9 Å². The Hall–Kier alpha value is -2.51. The summed E-state index contributed by atoms with van der Waals surface area (Å²) in [6, 6.07) is 11.8. The van der Waals surface area contributed by atoms with E-state index < -0.39 is 24.9 Å². The lowest BCUT2D eigenvalue weighted by Crippen LogP contribution is -2.39. The monoisotopic (exact) mass is 468 g/mol. The Balaban J connectivity index is 1.59. The standard InChI is InChI=1S/C17H17ClN6O4S2/c18-14-6-15-17(7-16(14)29(19,25)26)30(27,28)24(11-20-15)10-13-9-23(22-21-13)8-12-4-2-1-3-5-12/h1-7,9,20H,8,10-11H2,(H2,19,25,26). The van der Waals surface area contributed by atoms with Crippen LogP contribution < -0.4 is 10.5 Å². The van der Waals surface area contributed by atoms with Crippen LogP contribution in [-0.2, 0) is 33.1 Å². The summed E-state index contributed by atoms with van der Waals surface area (Å²) in [4.78, 5) is -0.678. The molecule has 1 aliphatic rings. The molecule has 3 aromatic rings. The van der Waals surface area contributed by atoms with E-state index >= 15 is 0 Å². The summed E-state index contributed by atoms with van der Waals surface area (Å²) in [5.41, 5.74) is 1.68. The molecule has 0 amide bonds. The van der Waals surface area contributed by atoms with Crippen molar-refractivity contribution in [1.29, 1.82) is 0 Å². The Morgan fingerprint density at radius 2 is 1.90 bits per heavy atom. The van der Waals surface area contributed by atoms with Crippen LogP contribution in [0.15, 0.2) is 58.5 Å². The molecule has 0 fully saturated rings. The van der Waals surface area contributed by atoms with E-state index in [1.54, 1.807) is 10.9 Å². The number of aromatic nitrogens is 3. The molecule has 0 unspecified atom stereocenters. The van der Waals surface area contributed by atoms with Crippen molar-refractivity contribution in [3.63, 3.8) is 0 Å². The van der Waals surface area contributed by atoms with Crippen LogP contribution in [0.2, 0.25) is 5.02 Å². The molecule has 0 atom stereocenters. The summed E-state index contributed by atoms with van der Waals surface area (Å²) in [5, 5.41) is 16.0. The molecule has 0 spiro atoms. The maximum absolute atomic E-state index is 13.0. The molecule has 10 nitrogen and oxygen atoms in total. The normalized spacial score (nSPS) is 16.1. The van der Waals surface area contributed by atoms with Gasteiger partial charge in [-0.05, 0) is 17.7 Å². The number of hydrogen-bond donors (Lipinski definition) is 2. The van der Waals surface area contributed by atoms with E-state index in [-0.39, 0.29) is 28.8 Å². The molecule has 2 heterocycles. The topological polar surface area (TPSA) is 140 Å². The van der Waals surface area contributed by atoms with Gasteiger partial charge in [-0.25, -0.2) is 26.7 Å². The number of benzene rings is 2. The average molecular weight is 469 g/mol. The van der Waals surface area contributed by atoms with Gasteiger partial charge in [-0.2, -0.15) is 4.31 Å². The van der Waals surface area contributed by atoms with E-state index in [0.29, 0.717) is 12.2 Å². The van der Waals surface area contributed by atoms with E-state index in [9.17, 15) is 16.8 Å². The minimum Gasteiger partial charge on any atom is -0.370 e. The van der Waals surface area contributed by atoms with Crippen LogP contribution in [-0.4, -0.2) is 42.8 Å². The van der Waals surface area contributed by atoms with Crippen molar-refractivity contribution in [2.45, 2.75) is 22.9 Å². The molecular formula is C17H17ClN6O4S2. The smallest absolute Gasteiger partial charge is 0.247 e. The molecule has 0 radical (unpaired) electrons. The predicted octanol–water partition coefficient (Wildman–Crippen LogP) is 1.20. The Morgan fingerprint density at radius 1 is 1.17 bits per heavy atom. The van der Waals surface area contributed by atoms with Gasteiger partial charge in [0, 0.05) is 0 Å². The lowest BCUT2D eigenvalue weighted by atomic mass is 10.2. The van der Waals surface area contributed by atoms with Gasteiger partial charge >= 0.3 is 0 Å². The van der Waals surface area contributed by atoms with Gasteiger partial charge in [0.2, 0.25) is 20.0 Å². The molecule has 0 saturated carbocycles. The number of primary sulfonamides is 1. The largest absolute Gasteiger partial charge is 0.370 e. The zero-order valence-electron chi connectivity index (χ0n) is 15.4. The molecule has 1 aromatic heterocycles. The van der Waals surface area contributed by atoms with Crippen LogP contribution in [0, 0.1) is 0 Å². The second-order valence-electron chi connectivity index (χ2n) is 6.67. The minimum absolute atomic E-state index is 0.0358. The summed E-state index contributed by atoms with van der Waals surface area (Å²) < 4.78 is 52.3. The molecule has 4 rings (SSSR count). The van der Waals surface area contributed by atoms with Crippen LogP contribution in [0.25, 0.3) is 0 Å². The second-order valence-corrected chi connectivity index (χ2v) is 10.5. The number of nitrogens with zero attached hydrogens (tertiary/aromatic N) is 4. The van der Waals surface area contributed by atoms with Gasteiger partial charge in [-0.3, -0.25) is 0 Å². The zero-order valence-corrected chi connectivity index (χ0v) is 17.8. The van der Waals surface area contributed by atoms with Gasteiger partial charge in [-0.1, -0.05) is 47.1 Å². The van der Waals surface area contributed by atoms with Crippen LogP contribution in [0.5, 0.6) is 0 Å². The van der Waals surface area contributed by atoms with Gasteiger partial charge in [0.25, 0.3) is 0 Å². The first-order valence-electron chi connectivity index (χ1n) is 8.68. The minimum atomic E-state index is -4.19. The highest BCUT2D eigenvalue weighted by atomic mass is 35.5. The molecular weight excluding hydrogens is 452 g/mol. The molecule has 158 valence electrons. The van der Waals surface area contributed by atoms with Crippen molar-refractivity contribution < 1.29 is 16.8 Å². The quantitative estimate of drug-likeness (QED) is 0.573. The number of halogens is 1. The number of nitrogens with two attached hydrogens (primary N) is 1. The predicted molar refractivity (Wildman–Crippen MR) is 110 cm³/mol.